The van der Waals surface area contributed by atoms with Crippen molar-refractivity contribution in [1.82, 2.24) is 4.90 Å². The van der Waals surface area contributed by atoms with E-state index in [9.17, 15) is 4.79 Å². The normalized spacial score (nSPS) is 28.3. The lowest BCUT2D eigenvalue weighted by atomic mass is 9.97. The van der Waals surface area contributed by atoms with Crippen LogP contribution in [0.25, 0.3) is 0 Å². The maximum atomic E-state index is 12.1. The molecule has 15 heavy (non-hydrogen) atoms. The minimum atomic E-state index is 0.332. The molecule has 2 rings (SSSR count). The molecule has 1 saturated heterocycles. The highest BCUT2D eigenvalue weighted by Crippen LogP contribution is 2.28. The first-order chi connectivity index (χ1) is 7.31. The average molecular weight is 230 g/mol. The molecule has 0 aromatic carbocycles. The molecule has 2 aliphatic rings. The van der Waals surface area contributed by atoms with Crippen LogP contribution in [0.15, 0.2) is 0 Å². The number of carbonyl (C=O) groups excluding carboxylic acids is 1. The Labute approximate surface area is 97.0 Å². The summed E-state index contributed by atoms with van der Waals surface area (Å²) in [5.41, 5.74) is 0. The fourth-order valence-electron chi connectivity index (χ4n) is 2.82. The summed E-state index contributed by atoms with van der Waals surface area (Å²) in [7, 11) is 0. The van der Waals surface area contributed by atoms with Crippen LogP contribution in [0.5, 0.6) is 0 Å². The molecule has 3 heteroatoms. The summed E-state index contributed by atoms with van der Waals surface area (Å²) in [4.78, 5) is 14.2. The Morgan fingerprint density at radius 3 is 2.60 bits per heavy atom. The summed E-state index contributed by atoms with van der Waals surface area (Å²) in [5.74, 6) is 1.97. The molecule has 86 valence electrons. The van der Waals surface area contributed by atoms with Gasteiger partial charge >= 0.3 is 0 Å². The van der Waals surface area contributed by atoms with Crippen LogP contribution in [0.1, 0.15) is 38.5 Å². The van der Waals surface area contributed by atoms with E-state index in [-0.39, 0.29) is 0 Å². The van der Waals surface area contributed by atoms with Crippen LogP contribution in [0.3, 0.4) is 0 Å². The summed E-state index contributed by atoms with van der Waals surface area (Å²) in [6.07, 6.45) is 7.03. The zero-order valence-corrected chi connectivity index (χ0v) is 10.0. The van der Waals surface area contributed by atoms with Crippen molar-refractivity contribution in [2.45, 2.75) is 38.5 Å². The van der Waals surface area contributed by atoms with Gasteiger partial charge in [0, 0.05) is 24.9 Å². The second-order valence-corrected chi connectivity index (χ2v) is 5.24. The number of likely N-dealkylation sites (tertiary alicyclic amines) is 1. The number of amides is 1. The number of halogens is 1. The summed E-state index contributed by atoms with van der Waals surface area (Å²) < 4.78 is 0. The molecule has 1 unspecified atom stereocenters. The molecule has 1 aliphatic heterocycles. The Balaban J connectivity index is 1.88. The summed E-state index contributed by atoms with van der Waals surface area (Å²) >= 11 is 5.87. The monoisotopic (exact) mass is 229 g/mol. The zero-order chi connectivity index (χ0) is 10.7. The predicted octanol–water partition coefficient (Wildman–Crippen LogP) is 2.65. The van der Waals surface area contributed by atoms with Crippen molar-refractivity contribution in [3.63, 3.8) is 0 Å². The molecule has 1 saturated carbocycles. The van der Waals surface area contributed by atoms with Gasteiger partial charge in [-0.15, -0.1) is 11.6 Å². The Hall–Kier alpha value is -0.240. The van der Waals surface area contributed by atoms with E-state index in [1.54, 1.807) is 0 Å². The van der Waals surface area contributed by atoms with Crippen molar-refractivity contribution in [2.75, 3.05) is 19.0 Å². The molecule has 2 nitrogen and oxygen atoms in total. The van der Waals surface area contributed by atoms with E-state index in [1.165, 1.54) is 19.3 Å². The zero-order valence-electron chi connectivity index (χ0n) is 9.25. The fourth-order valence-corrected chi connectivity index (χ4v) is 3.07. The Morgan fingerprint density at radius 2 is 1.93 bits per heavy atom. The molecule has 0 N–H and O–H groups in total. The van der Waals surface area contributed by atoms with Crippen molar-refractivity contribution < 1.29 is 4.79 Å². The van der Waals surface area contributed by atoms with Gasteiger partial charge in [0.1, 0.15) is 0 Å². The van der Waals surface area contributed by atoms with Gasteiger partial charge in [-0.25, -0.2) is 0 Å². The highest BCUT2D eigenvalue weighted by Gasteiger charge is 2.30. The Kier molecular flexibility index (Phi) is 3.90. The second-order valence-electron chi connectivity index (χ2n) is 4.93. The Bertz CT molecular complexity index is 226. The van der Waals surface area contributed by atoms with Crippen molar-refractivity contribution in [3.05, 3.63) is 0 Å². The minimum absolute atomic E-state index is 0.332. The molecule has 1 amide bonds. The molecule has 2 fully saturated rings. The molecule has 0 aromatic heterocycles. The molecular formula is C12H20ClNO. The van der Waals surface area contributed by atoms with Gasteiger partial charge in [-0.2, -0.15) is 0 Å². The molecule has 0 radical (unpaired) electrons. The van der Waals surface area contributed by atoms with E-state index in [4.69, 9.17) is 11.6 Å². The van der Waals surface area contributed by atoms with Crippen LogP contribution in [0, 0.1) is 11.8 Å². The lowest BCUT2D eigenvalue weighted by Gasteiger charge is -2.33. The number of hydrogen-bond donors (Lipinski definition) is 0. The van der Waals surface area contributed by atoms with E-state index in [2.05, 4.69) is 4.90 Å². The van der Waals surface area contributed by atoms with Crippen molar-refractivity contribution in [1.29, 1.82) is 0 Å². The maximum absolute atomic E-state index is 12.1. The highest BCUT2D eigenvalue weighted by atomic mass is 35.5. The van der Waals surface area contributed by atoms with Crippen LogP contribution in [-0.4, -0.2) is 29.8 Å². The molecule has 1 heterocycles. The maximum Gasteiger partial charge on any atom is 0.225 e. The third kappa shape index (κ3) is 2.66. The van der Waals surface area contributed by atoms with E-state index < -0.39 is 0 Å². The molecule has 1 atom stereocenters. The number of alkyl halides is 1. The second kappa shape index (κ2) is 5.20. The van der Waals surface area contributed by atoms with Crippen molar-refractivity contribution >= 4 is 17.5 Å². The van der Waals surface area contributed by atoms with Gasteiger partial charge in [0.2, 0.25) is 5.91 Å². The van der Waals surface area contributed by atoms with Crippen LogP contribution >= 0.6 is 11.6 Å². The van der Waals surface area contributed by atoms with E-state index >= 15 is 0 Å². The summed E-state index contributed by atoms with van der Waals surface area (Å²) in [6.45, 7) is 1.86. The van der Waals surface area contributed by atoms with Crippen molar-refractivity contribution in [3.8, 4) is 0 Å². The Morgan fingerprint density at radius 1 is 1.20 bits per heavy atom. The lowest BCUT2D eigenvalue weighted by Crippen LogP contribution is -2.42. The van der Waals surface area contributed by atoms with Crippen LogP contribution in [0.2, 0.25) is 0 Å². The van der Waals surface area contributed by atoms with E-state index in [0.717, 1.165) is 32.4 Å². The number of hydrogen-bond acceptors (Lipinski definition) is 1. The third-order valence-electron chi connectivity index (χ3n) is 3.75. The quantitative estimate of drug-likeness (QED) is 0.667. The van der Waals surface area contributed by atoms with Crippen LogP contribution < -0.4 is 0 Å². The standard InChI is InChI=1S/C12H20ClNO/c13-8-10-4-3-7-14(9-10)12(15)11-5-1-2-6-11/h10-11H,1-9H2. The van der Waals surface area contributed by atoms with Gasteiger partial charge in [-0.3, -0.25) is 4.79 Å². The molecule has 0 bridgehead atoms. The number of carbonyl (C=O) groups is 1. The molecular weight excluding hydrogens is 210 g/mol. The average Bonchev–Trinajstić information content (AvgIpc) is 2.81. The van der Waals surface area contributed by atoms with Gasteiger partial charge in [0.15, 0.2) is 0 Å². The highest BCUT2D eigenvalue weighted by molar-refractivity contribution is 6.18. The lowest BCUT2D eigenvalue weighted by molar-refractivity contribution is -0.137. The van der Waals surface area contributed by atoms with E-state index in [0.29, 0.717) is 23.6 Å². The van der Waals surface area contributed by atoms with Gasteiger partial charge in [-0.05, 0) is 31.6 Å². The molecule has 0 spiro atoms. The number of rotatable bonds is 2. The smallest absolute Gasteiger partial charge is 0.225 e. The number of piperidine rings is 1. The number of nitrogens with zero attached hydrogens (tertiary/aromatic N) is 1. The van der Waals surface area contributed by atoms with Gasteiger partial charge in [0.25, 0.3) is 0 Å². The SMILES string of the molecule is O=C(C1CCCC1)N1CCCC(CCl)C1. The predicted molar refractivity (Wildman–Crippen MR) is 62.0 cm³/mol. The van der Waals surface area contributed by atoms with Gasteiger partial charge < -0.3 is 4.90 Å². The first-order valence-corrected chi connectivity index (χ1v) is 6.69. The van der Waals surface area contributed by atoms with E-state index in [1.807, 2.05) is 0 Å². The third-order valence-corrected chi connectivity index (χ3v) is 4.19. The minimum Gasteiger partial charge on any atom is -0.342 e. The largest absolute Gasteiger partial charge is 0.342 e. The van der Waals surface area contributed by atoms with Crippen molar-refractivity contribution in [2.24, 2.45) is 11.8 Å². The molecule has 0 aromatic rings. The van der Waals surface area contributed by atoms with Gasteiger partial charge in [0.05, 0.1) is 0 Å². The summed E-state index contributed by atoms with van der Waals surface area (Å²) in [5, 5.41) is 0. The molecule has 1 aliphatic carbocycles. The topological polar surface area (TPSA) is 20.3 Å². The first kappa shape index (κ1) is 11.3. The van der Waals surface area contributed by atoms with Gasteiger partial charge in [-0.1, -0.05) is 12.8 Å². The fraction of sp³-hybridized carbons (Fsp3) is 0.917. The summed E-state index contributed by atoms with van der Waals surface area (Å²) in [6, 6.07) is 0. The van der Waals surface area contributed by atoms with Crippen LogP contribution in [0.4, 0.5) is 0 Å². The first-order valence-electron chi connectivity index (χ1n) is 6.16. The van der Waals surface area contributed by atoms with Crippen LogP contribution in [-0.2, 0) is 4.79 Å².